The number of isothiocyanates is 1. The first-order chi connectivity index (χ1) is 6.77. The van der Waals surface area contributed by atoms with Crippen LogP contribution in [0.4, 0.5) is 0 Å². The molecule has 3 nitrogen and oxygen atoms in total. The Morgan fingerprint density at radius 3 is 2.64 bits per heavy atom. The van der Waals surface area contributed by atoms with Crippen LogP contribution in [0.1, 0.15) is 15.9 Å². The second kappa shape index (κ2) is 5.27. The molecule has 0 aliphatic heterocycles. The fraction of sp³-hybridized carbons (Fsp3) is 0.200. The zero-order valence-electron chi connectivity index (χ0n) is 7.69. The van der Waals surface area contributed by atoms with Crippen molar-refractivity contribution in [2.45, 2.75) is 6.54 Å². The average Bonchev–Trinajstić information content (AvgIpc) is 2.26. The third-order valence-electron chi connectivity index (χ3n) is 1.70. The van der Waals surface area contributed by atoms with Gasteiger partial charge in [-0.3, -0.25) is 0 Å². The third kappa shape index (κ3) is 2.76. The molecule has 0 spiro atoms. The molecule has 1 aromatic rings. The zero-order chi connectivity index (χ0) is 10.4. The molecule has 0 amide bonds. The summed E-state index contributed by atoms with van der Waals surface area (Å²) in [5.41, 5.74) is 1.51. The number of carbonyl (C=O) groups excluding carboxylic acids is 1. The number of ether oxygens (including phenoxy) is 1. The Morgan fingerprint density at radius 2 is 2.14 bits per heavy atom. The van der Waals surface area contributed by atoms with Gasteiger partial charge in [0.05, 0.1) is 24.4 Å². The van der Waals surface area contributed by atoms with Gasteiger partial charge >= 0.3 is 5.97 Å². The lowest BCUT2D eigenvalue weighted by molar-refractivity contribution is 0.0600. The molecule has 0 atom stereocenters. The molecule has 0 saturated carbocycles. The maximum atomic E-state index is 11.1. The summed E-state index contributed by atoms with van der Waals surface area (Å²) >= 11 is 4.45. The molecule has 0 N–H and O–H groups in total. The van der Waals surface area contributed by atoms with Crippen molar-refractivity contribution in [1.82, 2.24) is 0 Å². The highest BCUT2D eigenvalue weighted by Crippen LogP contribution is 2.06. The third-order valence-corrected chi connectivity index (χ3v) is 1.83. The number of nitrogens with zero attached hydrogens (tertiary/aromatic N) is 1. The van der Waals surface area contributed by atoms with E-state index in [1.165, 1.54) is 7.11 Å². The van der Waals surface area contributed by atoms with Gasteiger partial charge < -0.3 is 4.74 Å². The second-order valence-electron chi connectivity index (χ2n) is 2.60. The Morgan fingerprint density at radius 1 is 1.50 bits per heavy atom. The van der Waals surface area contributed by atoms with E-state index in [2.05, 4.69) is 27.1 Å². The molecule has 0 saturated heterocycles. The summed E-state index contributed by atoms with van der Waals surface area (Å²) in [6.45, 7) is 0.491. The monoisotopic (exact) mass is 207 g/mol. The SMILES string of the molecule is COC(=O)c1ccc(CN=C=S)cc1. The normalized spacial score (nSPS) is 8.93. The number of benzene rings is 1. The summed E-state index contributed by atoms with van der Waals surface area (Å²) in [5, 5.41) is 2.28. The van der Waals surface area contributed by atoms with Gasteiger partial charge in [0.2, 0.25) is 0 Å². The van der Waals surface area contributed by atoms with Crippen molar-refractivity contribution in [2.75, 3.05) is 7.11 Å². The van der Waals surface area contributed by atoms with Crippen molar-refractivity contribution in [3.8, 4) is 0 Å². The Balaban J connectivity index is 2.78. The van der Waals surface area contributed by atoms with E-state index in [4.69, 9.17) is 0 Å². The Bertz CT molecular complexity index is 366. The number of hydrogen-bond acceptors (Lipinski definition) is 4. The minimum atomic E-state index is -0.338. The molecule has 1 rings (SSSR count). The highest BCUT2D eigenvalue weighted by Gasteiger charge is 2.03. The lowest BCUT2D eigenvalue weighted by Gasteiger charge is -1.99. The van der Waals surface area contributed by atoms with Crippen LogP contribution >= 0.6 is 12.2 Å². The van der Waals surface area contributed by atoms with Crippen LogP contribution in [0, 0.1) is 0 Å². The van der Waals surface area contributed by atoms with Gasteiger partial charge in [0.1, 0.15) is 0 Å². The molecule has 0 unspecified atom stereocenters. The topological polar surface area (TPSA) is 38.7 Å². The van der Waals surface area contributed by atoms with Gasteiger partial charge in [-0.05, 0) is 29.9 Å². The summed E-state index contributed by atoms with van der Waals surface area (Å²) in [7, 11) is 1.35. The number of esters is 1. The fourth-order valence-corrected chi connectivity index (χ4v) is 1.05. The van der Waals surface area contributed by atoms with E-state index in [0.717, 1.165) is 5.56 Å². The predicted molar refractivity (Wildman–Crippen MR) is 56.5 cm³/mol. The maximum Gasteiger partial charge on any atom is 0.337 e. The molecule has 14 heavy (non-hydrogen) atoms. The quantitative estimate of drug-likeness (QED) is 0.432. The highest BCUT2D eigenvalue weighted by molar-refractivity contribution is 7.78. The van der Waals surface area contributed by atoms with E-state index in [1.807, 2.05) is 12.1 Å². The van der Waals surface area contributed by atoms with E-state index in [1.54, 1.807) is 12.1 Å². The maximum absolute atomic E-state index is 11.1. The van der Waals surface area contributed by atoms with Crippen LogP contribution in [-0.2, 0) is 11.3 Å². The molecule has 0 aromatic heterocycles. The van der Waals surface area contributed by atoms with Crippen LogP contribution in [0.15, 0.2) is 29.3 Å². The molecular weight excluding hydrogens is 198 g/mol. The molecule has 0 heterocycles. The van der Waals surface area contributed by atoms with Crippen molar-refractivity contribution >= 4 is 23.3 Å². The smallest absolute Gasteiger partial charge is 0.337 e. The van der Waals surface area contributed by atoms with Crippen LogP contribution in [0.25, 0.3) is 0 Å². The highest BCUT2D eigenvalue weighted by atomic mass is 32.1. The van der Waals surface area contributed by atoms with E-state index < -0.39 is 0 Å². The molecule has 0 fully saturated rings. The van der Waals surface area contributed by atoms with Crippen molar-refractivity contribution in [3.05, 3.63) is 35.4 Å². The van der Waals surface area contributed by atoms with Crippen molar-refractivity contribution in [3.63, 3.8) is 0 Å². The van der Waals surface area contributed by atoms with Gasteiger partial charge in [0.25, 0.3) is 0 Å². The first-order valence-electron chi connectivity index (χ1n) is 3.99. The summed E-state index contributed by atoms with van der Waals surface area (Å²) < 4.78 is 4.57. The summed E-state index contributed by atoms with van der Waals surface area (Å²) in [6.07, 6.45) is 0. The summed E-state index contributed by atoms with van der Waals surface area (Å²) in [6, 6.07) is 7.00. The number of aliphatic imine (C=N–C) groups is 1. The van der Waals surface area contributed by atoms with Crippen LogP contribution in [0.5, 0.6) is 0 Å². The van der Waals surface area contributed by atoms with Gasteiger partial charge in [-0.15, -0.1) is 0 Å². The number of hydrogen-bond donors (Lipinski definition) is 0. The number of carbonyl (C=O) groups is 1. The summed E-state index contributed by atoms with van der Waals surface area (Å²) in [5.74, 6) is -0.338. The Kier molecular flexibility index (Phi) is 3.98. The van der Waals surface area contributed by atoms with E-state index in [0.29, 0.717) is 12.1 Å². The molecule has 0 bridgehead atoms. The zero-order valence-corrected chi connectivity index (χ0v) is 8.50. The number of methoxy groups -OCH3 is 1. The van der Waals surface area contributed by atoms with E-state index in [9.17, 15) is 4.79 Å². The van der Waals surface area contributed by atoms with Gasteiger partial charge in [-0.1, -0.05) is 12.1 Å². The Labute approximate surface area is 87.4 Å². The predicted octanol–water partition coefficient (Wildman–Crippen LogP) is 2.08. The lowest BCUT2D eigenvalue weighted by atomic mass is 10.1. The molecule has 4 heteroatoms. The fourth-order valence-electron chi connectivity index (χ4n) is 0.988. The minimum Gasteiger partial charge on any atom is -0.465 e. The van der Waals surface area contributed by atoms with Crippen LogP contribution in [-0.4, -0.2) is 18.2 Å². The van der Waals surface area contributed by atoms with Gasteiger partial charge in [-0.25, -0.2) is 9.79 Å². The molecule has 0 radical (unpaired) electrons. The summed E-state index contributed by atoms with van der Waals surface area (Å²) in [4.78, 5) is 14.8. The molecule has 72 valence electrons. The molecular formula is C10H9NO2S. The van der Waals surface area contributed by atoms with Gasteiger partial charge in [0.15, 0.2) is 0 Å². The minimum absolute atomic E-state index is 0.338. The molecule has 1 aromatic carbocycles. The first-order valence-corrected chi connectivity index (χ1v) is 4.39. The van der Waals surface area contributed by atoms with E-state index >= 15 is 0 Å². The average molecular weight is 207 g/mol. The van der Waals surface area contributed by atoms with Gasteiger partial charge in [-0.2, -0.15) is 0 Å². The lowest BCUT2D eigenvalue weighted by Crippen LogP contribution is -2.00. The Hall–Kier alpha value is -1.51. The number of thiocarbonyl (C=S) groups is 1. The van der Waals surface area contributed by atoms with Crippen molar-refractivity contribution in [2.24, 2.45) is 4.99 Å². The van der Waals surface area contributed by atoms with Gasteiger partial charge in [0, 0.05) is 0 Å². The van der Waals surface area contributed by atoms with Crippen molar-refractivity contribution < 1.29 is 9.53 Å². The van der Waals surface area contributed by atoms with Crippen LogP contribution < -0.4 is 0 Å². The molecule has 0 aliphatic rings. The number of rotatable bonds is 3. The van der Waals surface area contributed by atoms with Crippen LogP contribution in [0.2, 0.25) is 0 Å². The molecule has 0 aliphatic carbocycles. The van der Waals surface area contributed by atoms with Crippen LogP contribution in [0.3, 0.4) is 0 Å². The second-order valence-corrected chi connectivity index (χ2v) is 2.78. The van der Waals surface area contributed by atoms with E-state index in [-0.39, 0.29) is 5.97 Å². The van der Waals surface area contributed by atoms with Crippen molar-refractivity contribution in [1.29, 1.82) is 0 Å². The largest absolute Gasteiger partial charge is 0.465 e. The first kappa shape index (κ1) is 10.6. The standard InChI is InChI=1S/C10H9NO2S/c1-13-10(12)9-4-2-8(3-5-9)6-11-7-14/h2-5H,6H2,1H3.